The van der Waals surface area contributed by atoms with Crippen LogP contribution in [0.25, 0.3) is 0 Å². The fourth-order valence-corrected chi connectivity index (χ4v) is 6.66. The Morgan fingerprint density at radius 2 is 1.58 bits per heavy atom. The number of carboxylic acids is 1. The molecule has 0 aromatic heterocycles. The molecule has 2 aliphatic rings. The van der Waals surface area contributed by atoms with Gasteiger partial charge in [0.2, 0.25) is 0 Å². The fraction of sp³-hybridized carbons (Fsp3) is 0.538. The van der Waals surface area contributed by atoms with Crippen molar-refractivity contribution >= 4 is 35.5 Å². The number of rotatable bonds is 9. The number of allylic oxidation sites excluding steroid dienone is 1. The Morgan fingerprint density at radius 1 is 1.03 bits per heavy atom. The Balaban J connectivity index is 1.58. The summed E-state index contributed by atoms with van der Waals surface area (Å²) in [4.78, 5) is 27.4. The third-order valence-corrected chi connectivity index (χ3v) is 8.60. The van der Waals surface area contributed by atoms with Crippen molar-refractivity contribution < 1.29 is 14.7 Å². The molecule has 2 amide bonds. The van der Waals surface area contributed by atoms with Crippen LogP contribution in [0.5, 0.6) is 0 Å². The second-order valence-corrected chi connectivity index (χ2v) is 11.4. The molecule has 33 heavy (non-hydrogen) atoms. The van der Waals surface area contributed by atoms with Gasteiger partial charge in [-0.05, 0) is 50.3 Å². The highest BCUT2D eigenvalue weighted by atomic mass is 32.2. The number of amides is 2. The van der Waals surface area contributed by atoms with Crippen LogP contribution in [0.4, 0.5) is 4.79 Å². The lowest BCUT2D eigenvalue weighted by molar-refractivity contribution is -0.136. The zero-order chi connectivity index (χ0) is 23.6. The largest absolute Gasteiger partial charge is 0.481 e. The van der Waals surface area contributed by atoms with E-state index in [1.807, 2.05) is 37.3 Å². The van der Waals surface area contributed by atoms with E-state index in [0.717, 1.165) is 40.4 Å². The number of carbonyl (C=O) groups excluding carboxylic acids is 1. The molecule has 0 unspecified atom stereocenters. The molecule has 7 heteroatoms. The Morgan fingerprint density at radius 3 is 2.06 bits per heavy atom. The molecule has 2 aliphatic carbocycles. The maximum Gasteiger partial charge on any atom is 0.322 e. The van der Waals surface area contributed by atoms with E-state index in [1.54, 1.807) is 11.8 Å². The highest BCUT2D eigenvalue weighted by molar-refractivity contribution is 8.23. The molecule has 1 aromatic rings. The van der Waals surface area contributed by atoms with Crippen LogP contribution in [0.1, 0.15) is 76.7 Å². The quantitative estimate of drug-likeness (QED) is 0.361. The molecular formula is C26H36N2O3S2. The maximum atomic E-state index is 13.4. The minimum Gasteiger partial charge on any atom is -0.481 e. The van der Waals surface area contributed by atoms with Crippen molar-refractivity contribution in [1.82, 2.24) is 10.2 Å². The number of hydrogen-bond donors (Lipinski definition) is 2. The van der Waals surface area contributed by atoms with Crippen molar-refractivity contribution in [3.05, 3.63) is 51.8 Å². The van der Waals surface area contributed by atoms with Gasteiger partial charge >= 0.3 is 12.0 Å². The number of urea groups is 1. The van der Waals surface area contributed by atoms with Gasteiger partial charge in [-0.1, -0.05) is 86.8 Å². The Hall–Kier alpha value is -1.86. The first-order valence-corrected chi connectivity index (χ1v) is 13.7. The van der Waals surface area contributed by atoms with Crippen LogP contribution in [0, 0.1) is 0 Å². The van der Waals surface area contributed by atoms with E-state index in [-0.39, 0.29) is 12.5 Å². The number of benzene rings is 1. The molecule has 0 radical (unpaired) electrons. The van der Waals surface area contributed by atoms with Gasteiger partial charge in [0, 0.05) is 21.2 Å². The standard InChI is InChI=1S/C26H36N2O3S2/c1-3-25(33-23-16-14-20(15-17-23)18-24(29)30)32-19(2)27-26(31)28(21-10-6-4-7-11-21)22-12-8-5-9-13-22/h3,14-17,21-22H,2,4-13,18H2,1H3,(H,27,31)(H,29,30). The zero-order valence-electron chi connectivity index (χ0n) is 19.6. The summed E-state index contributed by atoms with van der Waals surface area (Å²) in [5.41, 5.74) is 0.781. The summed E-state index contributed by atoms with van der Waals surface area (Å²) in [6.07, 6.45) is 13.9. The van der Waals surface area contributed by atoms with Gasteiger partial charge in [-0.15, -0.1) is 0 Å². The molecule has 0 spiro atoms. The Bertz CT molecular complexity index is 824. The molecule has 2 saturated carbocycles. The van der Waals surface area contributed by atoms with Crippen LogP contribution >= 0.6 is 23.5 Å². The lowest BCUT2D eigenvalue weighted by Gasteiger charge is -2.41. The number of carbonyl (C=O) groups is 2. The molecule has 180 valence electrons. The molecule has 0 aliphatic heterocycles. The summed E-state index contributed by atoms with van der Waals surface area (Å²) >= 11 is 3.06. The van der Waals surface area contributed by atoms with Crippen molar-refractivity contribution in [2.45, 2.75) is 94.5 Å². The van der Waals surface area contributed by atoms with Crippen molar-refractivity contribution in [3.8, 4) is 0 Å². The molecule has 0 saturated heterocycles. The van der Waals surface area contributed by atoms with Crippen molar-refractivity contribution in [1.29, 1.82) is 0 Å². The van der Waals surface area contributed by atoms with Crippen LogP contribution in [0.15, 0.2) is 51.1 Å². The third kappa shape index (κ3) is 8.14. The second kappa shape index (κ2) is 13.1. The smallest absolute Gasteiger partial charge is 0.322 e. The first-order chi connectivity index (χ1) is 16.0. The summed E-state index contributed by atoms with van der Waals surface area (Å²) in [7, 11) is 0. The van der Waals surface area contributed by atoms with Crippen LogP contribution in [-0.2, 0) is 11.2 Å². The minimum atomic E-state index is -0.831. The van der Waals surface area contributed by atoms with Gasteiger partial charge in [-0.25, -0.2) is 4.79 Å². The van der Waals surface area contributed by atoms with Crippen molar-refractivity contribution in [2.24, 2.45) is 0 Å². The average molecular weight is 489 g/mol. The molecule has 0 atom stereocenters. The number of nitrogens with one attached hydrogen (secondary N) is 1. The van der Waals surface area contributed by atoms with Crippen molar-refractivity contribution in [3.63, 3.8) is 0 Å². The van der Waals surface area contributed by atoms with E-state index < -0.39 is 5.97 Å². The van der Waals surface area contributed by atoms with Gasteiger partial charge in [-0.2, -0.15) is 0 Å². The third-order valence-electron chi connectivity index (χ3n) is 6.37. The van der Waals surface area contributed by atoms with E-state index >= 15 is 0 Å². The number of nitrogens with zero attached hydrogens (tertiary/aromatic N) is 1. The van der Waals surface area contributed by atoms with E-state index in [1.165, 1.54) is 50.3 Å². The van der Waals surface area contributed by atoms with E-state index in [4.69, 9.17) is 5.11 Å². The summed E-state index contributed by atoms with van der Waals surface area (Å²) in [5.74, 6) is -0.831. The predicted molar refractivity (Wildman–Crippen MR) is 138 cm³/mol. The number of aliphatic carboxylic acids is 1. The number of carboxylic acid groups (broad SMARTS) is 1. The molecule has 2 N–H and O–H groups in total. The molecule has 2 fully saturated rings. The summed E-state index contributed by atoms with van der Waals surface area (Å²) in [6.45, 7) is 6.10. The van der Waals surface area contributed by atoms with Crippen molar-refractivity contribution in [2.75, 3.05) is 0 Å². The maximum absolute atomic E-state index is 13.4. The summed E-state index contributed by atoms with van der Waals surface area (Å²) in [5, 5.41) is 12.7. The predicted octanol–water partition coefficient (Wildman–Crippen LogP) is 7.15. The minimum absolute atomic E-state index is 0.00442. The molecule has 3 rings (SSSR count). The monoisotopic (exact) mass is 488 g/mol. The van der Waals surface area contributed by atoms with Gasteiger partial charge in [0.05, 0.1) is 11.4 Å². The Kier molecular flexibility index (Phi) is 10.3. The first kappa shape index (κ1) is 25.8. The molecule has 0 heterocycles. The van der Waals surface area contributed by atoms with E-state index in [0.29, 0.717) is 17.1 Å². The van der Waals surface area contributed by atoms with Crippen LogP contribution in [0.3, 0.4) is 0 Å². The highest BCUT2D eigenvalue weighted by Crippen LogP contribution is 2.38. The van der Waals surface area contributed by atoms with Gasteiger partial charge < -0.3 is 15.3 Å². The number of hydrogen-bond acceptors (Lipinski definition) is 4. The fourth-order valence-electron chi connectivity index (χ4n) is 4.78. The van der Waals surface area contributed by atoms with Crippen LogP contribution in [0.2, 0.25) is 0 Å². The van der Waals surface area contributed by atoms with Gasteiger partial charge in [0.1, 0.15) is 0 Å². The average Bonchev–Trinajstić information content (AvgIpc) is 2.81. The normalized spacial score (nSPS) is 18.0. The van der Waals surface area contributed by atoms with Gasteiger partial charge in [-0.3, -0.25) is 4.79 Å². The summed E-state index contributed by atoms with van der Waals surface area (Å²) < 4.78 is 1.02. The van der Waals surface area contributed by atoms with E-state index in [2.05, 4.69) is 16.8 Å². The second-order valence-electron chi connectivity index (χ2n) is 8.87. The van der Waals surface area contributed by atoms with Crippen LogP contribution < -0.4 is 5.32 Å². The number of thioether (sulfide) groups is 2. The lowest BCUT2D eigenvalue weighted by Crippen LogP contribution is -2.52. The molecule has 5 nitrogen and oxygen atoms in total. The lowest BCUT2D eigenvalue weighted by atomic mass is 9.89. The van der Waals surface area contributed by atoms with Gasteiger partial charge in [0.25, 0.3) is 0 Å². The van der Waals surface area contributed by atoms with Gasteiger partial charge in [0.15, 0.2) is 0 Å². The SMILES string of the molecule is C=C(NC(=O)N(C1CCCCC1)C1CCCCC1)SC(=CC)Sc1ccc(CC(=O)O)cc1. The van der Waals surface area contributed by atoms with Crippen LogP contribution in [-0.4, -0.2) is 34.1 Å². The van der Waals surface area contributed by atoms with E-state index in [9.17, 15) is 9.59 Å². The highest BCUT2D eigenvalue weighted by Gasteiger charge is 2.32. The molecule has 1 aromatic carbocycles. The summed E-state index contributed by atoms with van der Waals surface area (Å²) in [6, 6.07) is 8.25. The topological polar surface area (TPSA) is 69.6 Å². The molecule has 0 bridgehead atoms. The molecular weight excluding hydrogens is 452 g/mol. The zero-order valence-corrected chi connectivity index (χ0v) is 21.2. The first-order valence-electron chi connectivity index (χ1n) is 12.1. The Labute approximate surface area is 206 Å².